The largest absolute Gasteiger partial charge is 0.494 e. The lowest BCUT2D eigenvalue weighted by molar-refractivity contribution is -0.122. The molecule has 3 heterocycles. The van der Waals surface area contributed by atoms with Gasteiger partial charge in [0.05, 0.1) is 6.61 Å². The molecule has 2 saturated heterocycles. The molecule has 0 spiro atoms. The summed E-state index contributed by atoms with van der Waals surface area (Å²) in [6.45, 7) is 11.0. The summed E-state index contributed by atoms with van der Waals surface area (Å²) in [6, 6.07) is 5.58. The van der Waals surface area contributed by atoms with Gasteiger partial charge < -0.3 is 19.3 Å². The first-order chi connectivity index (χ1) is 15.8. The highest BCUT2D eigenvalue weighted by Gasteiger charge is 2.40. The molecule has 0 saturated carbocycles. The molecule has 0 aromatic heterocycles. The number of ether oxygens (including phenoxy) is 2. The number of rotatable bonds is 6. The van der Waals surface area contributed by atoms with Crippen molar-refractivity contribution in [1.82, 2.24) is 9.80 Å². The third-order valence-corrected chi connectivity index (χ3v) is 6.71. The molecule has 0 bridgehead atoms. The number of amides is 2. The average Bonchev–Trinajstić information content (AvgIpc) is 3.43. The maximum atomic E-state index is 13.4. The van der Waals surface area contributed by atoms with E-state index in [0.29, 0.717) is 26.1 Å². The van der Waals surface area contributed by atoms with Gasteiger partial charge in [-0.3, -0.25) is 9.69 Å². The molecule has 4 rings (SSSR count). The van der Waals surface area contributed by atoms with Crippen LogP contribution in [0.15, 0.2) is 18.2 Å². The number of benzene rings is 1. The van der Waals surface area contributed by atoms with Crippen molar-refractivity contribution in [2.75, 3.05) is 44.2 Å². The van der Waals surface area contributed by atoms with Gasteiger partial charge in [0.1, 0.15) is 17.4 Å². The van der Waals surface area contributed by atoms with Crippen LogP contribution in [0.3, 0.4) is 0 Å². The van der Waals surface area contributed by atoms with Gasteiger partial charge in [0.2, 0.25) is 5.91 Å². The van der Waals surface area contributed by atoms with Gasteiger partial charge in [-0.15, -0.1) is 0 Å². The van der Waals surface area contributed by atoms with Crippen molar-refractivity contribution < 1.29 is 19.1 Å². The molecule has 7 nitrogen and oxygen atoms in total. The number of hydrogen-bond donors (Lipinski definition) is 0. The summed E-state index contributed by atoms with van der Waals surface area (Å²) >= 11 is 0. The first-order valence-electron chi connectivity index (χ1n) is 12.6. The summed E-state index contributed by atoms with van der Waals surface area (Å²) in [5, 5.41) is 0. The highest BCUT2D eigenvalue weighted by atomic mass is 16.6. The van der Waals surface area contributed by atoms with Crippen molar-refractivity contribution >= 4 is 17.7 Å². The predicted molar refractivity (Wildman–Crippen MR) is 129 cm³/mol. The molecule has 2 fully saturated rings. The van der Waals surface area contributed by atoms with Crippen molar-refractivity contribution in [3.8, 4) is 5.75 Å². The number of likely N-dealkylation sites (tertiary alicyclic amines) is 2. The highest BCUT2D eigenvalue weighted by molar-refractivity contribution is 6.00. The third kappa shape index (κ3) is 5.99. The van der Waals surface area contributed by atoms with Crippen molar-refractivity contribution in [1.29, 1.82) is 0 Å². The summed E-state index contributed by atoms with van der Waals surface area (Å²) in [5.74, 6) is 0.866. The van der Waals surface area contributed by atoms with E-state index in [-0.39, 0.29) is 5.91 Å². The number of anilines is 1. The Bertz CT molecular complexity index is 844. The summed E-state index contributed by atoms with van der Waals surface area (Å²) in [5.41, 5.74) is 1.51. The van der Waals surface area contributed by atoms with E-state index >= 15 is 0 Å². The number of carbonyl (C=O) groups excluding carboxylic acids is 2. The molecule has 7 heteroatoms. The van der Waals surface area contributed by atoms with Gasteiger partial charge in [0.25, 0.3) is 0 Å². The van der Waals surface area contributed by atoms with Crippen molar-refractivity contribution in [2.45, 2.75) is 77.4 Å². The Kier molecular flexibility index (Phi) is 7.47. The summed E-state index contributed by atoms with van der Waals surface area (Å²) in [4.78, 5) is 32.0. The minimum Gasteiger partial charge on any atom is -0.494 e. The second-order valence-electron chi connectivity index (χ2n) is 10.5. The molecule has 0 radical (unpaired) electrons. The van der Waals surface area contributed by atoms with Crippen LogP contribution in [-0.2, 0) is 16.0 Å². The van der Waals surface area contributed by atoms with Crippen LogP contribution in [0.1, 0.15) is 64.9 Å². The Morgan fingerprint density at radius 1 is 1.03 bits per heavy atom. The van der Waals surface area contributed by atoms with E-state index < -0.39 is 17.7 Å². The van der Waals surface area contributed by atoms with Crippen LogP contribution in [0.25, 0.3) is 0 Å². The second kappa shape index (κ2) is 10.3. The fourth-order valence-electron chi connectivity index (χ4n) is 5.10. The van der Waals surface area contributed by atoms with E-state index in [2.05, 4.69) is 11.0 Å². The SMILES string of the molecule is CC(C)(C)OC(=O)N1CCC[C@@H]1C(=O)N1CCc2cc(OCCCN3CCCCC3)ccc21. The van der Waals surface area contributed by atoms with Gasteiger partial charge in [-0.05, 0) is 96.1 Å². The number of fused-ring (bicyclic) bond motifs is 1. The van der Waals surface area contributed by atoms with Gasteiger partial charge in [-0.25, -0.2) is 4.79 Å². The molecule has 0 unspecified atom stereocenters. The second-order valence-corrected chi connectivity index (χ2v) is 10.5. The highest BCUT2D eigenvalue weighted by Crippen LogP contribution is 2.34. The Hall–Kier alpha value is -2.28. The summed E-state index contributed by atoms with van der Waals surface area (Å²) < 4.78 is 11.5. The van der Waals surface area contributed by atoms with Gasteiger partial charge in [0, 0.05) is 25.3 Å². The lowest BCUT2D eigenvalue weighted by Crippen LogP contribution is -2.48. The van der Waals surface area contributed by atoms with E-state index in [4.69, 9.17) is 9.47 Å². The Morgan fingerprint density at radius 2 is 1.82 bits per heavy atom. The minimum absolute atomic E-state index is 0.00712. The van der Waals surface area contributed by atoms with Crippen LogP contribution in [0.2, 0.25) is 0 Å². The smallest absolute Gasteiger partial charge is 0.410 e. The molecule has 3 aliphatic rings. The predicted octanol–water partition coefficient (Wildman–Crippen LogP) is 4.23. The first-order valence-corrected chi connectivity index (χ1v) is 12.6. The van der Waals surface area contributed by atoms with Crippen LogP contribution >= 0.6 is 0 Å². The molecule has 2 amide bonds. The monoisotopic (exact) mass is 457 g/mol. The molecule has 33 heavy (non-hydrogen) atoms. The summed E-state index contributed by atoms with van der Waals surface area (Å²) in [6.07, 6.45) is 6.94. The lowest BCUT2D eigenvalue weighted by atomic mass is 10.1. The van der Waals surface area contributed by atoms with Gasteiger partial charge >= 0.3 is 6.09 Å². The zero-order chi connectivity index (χ0) is 23.4. The number of carbonyl (C=O) groups is 2. The molecule has 3 aliphatic heterocycles. The lowest BCUT2D eigenvalue weighted by Gasteiger charge is -2.30. The first kappa shape index (κ1) is 23.9. The van der Waals surface area contributed by atoms with E-state index in [0.717, 1.165) is 42.8 Å². The van der Waals surface area contributed by atoms with E-state index in [1.165, 1.54) is 32.4 Å². The average molecular weight is 458 g/mol. The zero-order valence-electron chi connectivity index (χ0n) is 20.5. The van der Waals surface area contributed by atoms with Crippen LogP contribution in [0, 0.1) is 0 Å². The van der Waals surface area contributed by atoms with Crippen LogP contribution in [0.4, 0.5) is 10.5 Å². The van der Waals surface area contributed by atoms with Gasteiger partial charge in [0.15, 0.2) is 0 Å². The van der Waals surface area contributed by atoms with Crippen molar-refractivity contribution in [3.63, 3.8) is 0 Å². The Labute approximate surface area is 198 Å². The molecular weight excluding hydrogens is 418 g/mol. The fourth-order valence-corrected chi connectivity index (χ4v) is 5.10. The molecule has 0 N–H and O–H groups in total. The van der Waals surface area contributed by atoms with Gasteiger partial charge in [-0.2, -0.15) is 0 Å². The third-order valence-electron chi connectivity index (χ3n) is 6.71. The molecule has 0 aliphatic carbocycles. The Morgan fingerprint density at radius 3 is 2.58 bits per heavy atom. The van der Waals surface area contributed by atoms with Crippen LogP contribution in [-0.4, -0.2) is 72.8 Å². The molecular formula is C26H39N3O4. The van der Waals surface area contributed by atoms with E-state index in [9.17, 15) is 9.59 Å². The zero-order valence-corrected chi connectivity index (χ0v) is 20.5. The van der Waals surface area contributed by atoms with Crippen molar-refractivity contribution in [3.05, 3.63) is 23.8 Å². The van der Waals surface area contributed by atoms with Gasteiger partial charge in [-0.1, -0.05) is 6.42 Å². The van der Waals surface area contributed by atoms with Crippen LogP contribution in [0.5, 0.6) is 5.75 Å². The topological polar surface area (TPSA) is 62.3 Å². The molecule has 182 valence electrons. The quantitative estimate of drug-likeness (QED) is 0.598. The molecule has 1 aromatic carbocycles. The van der Waals surface area contributed by atoms with E-state index in [1.807, 2.05) is 37.8 Å². The van der Waals surface area contributed by atoms with Crippen molar-refractivity contribution in [2.24, 2.45) is 0 Å². The fraction of sp³-hybridized carbons (Fsp3) is 0.692. The number of piperidine rings is 1. The summed E-state index contributed by atoms with van der Waals surface area (Å²) in [7, 11) is 0. The standard InChI is InChI=1S/C26H39N3O4/c1-26(2,3)33-25(31)29-16-7-9-23(29)24(30)28-17-12-20-19-21(10-11-22(20)28)32-18-8-15-27-13-5-4-6-14-27/h10-11,19,23H,4-9,12-18H2,1-3H3/t23-/m1/s1. The molecule has 1 atom stereocenters. The minimum atomic E-state index is -0.572. The maximum Gasteiger partial charge on any atom is 0.410 e. The number of hydrogen-bond acceptors (Lipinski definition) is 5. The Balaban J connectivity index is 1.32. The van der Waals surface area contributed by atoms with Crippen LogP contribution < -0.4 is 9.64 Å². The molecule has 1 aromatic rings. The van der Waals surface area contributed by atoms with E-state index in [1.54, 1.807) is 4.90 Å². The normalized spacial score (nSPS) is 21.2. The number of nitrogens with zero attached hydrogens (tertiary/aromatic N) is 3. The maximum absolute atomic E-state index is 13.4.